The molecule has 0 aromatic carbocycles. The van der Waals surface area contributed by atoms with Crippen molar-refractivity contribution in [2.24, 2.45) is 0 Å². The molecule has 0 saturated heterocycles. The zero-order chi connectivity index (χ0) is 22.8. The van der Waals surface area contributed by atoms with Gasteiger partial charge in [0.25, 0.3) is 5.91 Å². The fourth-order valence-electron chi connectivity index (χ4n) is 3.78. The molecule has 11 heteroatoms. The van der Waals surface area contributed by atoms with Crippen LogP contribution in [0.15, 0.2) is 42.0 Å². The van der Waals surface area contributed by atoms with Crippen LogP contribution in [0.25, 0.3) is 10.2 Å². The number of thiophene rings is 1. The molecule has 1 aliphatic carbocycles. The van der Waals surface area contributed by atoms with Crippen molar-refractivity contribution in [3.63, 3.8) is 0 Å². The van der Waals surface area contributed by atoms with Crippen molar-refractivity contribution >= 4 is 61.4 Å². The highest BCUT2D eigenvalue weighted by molar-refractivity contribution is 7.17. The number of fused-ring (bicyclic) bond motifs is 1. The molecule has 4 N–H and O–H groups in total. The average molecular weight is 482 g/mol. The molecule has 5 rings (SSSR count). The Morgan fingerprint density at radius 3 is 2.88 bits per heavy atom. The molecule has 4 heterocycles. The molecule has 9 nitrogen and oxygen atoms in total. The lowest BCUT2D eigenvalue weighted by Gasteiger charge is -2.33. The predicted octanol–water partition coefficient (Wildman–Crippen LogP) is 4.64. The van der Waals surface area contributed by atoms with E-state index in [0.29, 0.717) is 22.3 Å². The van der Waals surface area contributed by atoms with Crippen LogP contribution >= 0.6 is 22.9 Å². The second-order valence-corrected chi connectivity index (χ2v) is 10.1. The van der Waals surface area contributed by atoms with Crippen LogP contribution in [-0.2, 0) is 0 Å². The van der Waals surface area contributed by atoms with Crippen molar-refractivity contribution in [2.45, 2.75) is 44.2 Å². The van der Waals surface area contributed by atoms with Gasteiger partial charge in [0.2, 0.25) is 5.95 Å². The smallest absolute Gasteiger partial charge is 0.275 e. The molecule has 4 aromatic heterocycles. The molecule has 0 aliphatic heterocycles. The van der Waals surface area contributed by atoms with Crippen LogP contribution in [0.2, 0.25) is 0 Å². The molecule has 0 atom stereocenters. The monoisotopic (exact) mass is 481 g/mol. The van der Waals surface area contributed by atoms with E-state index in [1.807, 2.05) is 18.4 Å². The van der Waals surface area contributed by atoms with Crippen LogP contribution in [-0.4, -0.2) is 42.0 Å². The topological polar surface area (TPSA) is 125 Å². The summed E-state index contributed by atoms with van der Waals surface area (Å²) in [7, 11) is 0. The van der Waals surface area contributed by atoms with Crippen molar-refractivity contribution in [3.05, 3.63) is 47.7 Å². The summed E-state index contributed by atoms with van der Waals surface area (Å²) in [6.45, 7) is 1.90. The molecular weight excluding hydrogens is 458 g/mol. The lowest BCUT2D eigenvalue weighted by atomic mass is 9.84. The number of nitrogens with one attached hydrogen (secondary N) is 3. The molecule has 0 unspecified atom stereocenters. The van der Waals surface area contributed by atoms with E-state index < -0.39 is 5.60 Å². The van der Waals surface area contributed by atoms with E-state index >= 15 is 0 Å². The highest BCUT2D eigenvalue weighted by atomic mass is 32.1. The minimum absolute atomic E-state index is 0.254. The van der Waals surface area contributed by atoms with E-state index in [-0.39, 0.29) is 11.9 Å². The van der Waals surface area contributed by atoms with E-state index in [4.69, 9.17) is 4.98 Å². The van der Waals surface area contributed by atoms with Gasteiger partial charge in [0, 0.05) is 18.3 Å². The maximum atomic E-state index is 12.5. The minimum Gasteiger partial charge on any atom is -0.390 e. The zero-order valence-electron chi connectivity index (χ0n) is 17.9. The molecule has 1 saturated carbocycles. The van der Waals surface area contributed by atoms with Crippen LogP contribution in [0.1, 0.15) is 43.1 Å². The summed E-state index contributed by atoms with van der Waals surface area (Å²) >= 11 is 2.76. The lowest BCUT2D eigenvalue weighted by Crippen LogP contribution is -2.35. The molecule has 1 amide bonds. The first-order chi connectivity index (χ1) is 15.9. The second-order valence-electron chi connectivity index (χ2n) is 8.34. The molecular formula is C22H23N7O2S2. The first-order valence-electron chi connectivity index (χ1n) is 10.6. The van der Waals surface area contributed by atoms with E-state index in [1.165, 1.54) is 11.5 Å². The van der Waals surface area contributed by atoms with Crippen molar-refractivity contribution < 1.29 is 9.90 Å². The third kappa shape index (κ3) is 5.10. The maximum absolute atomic E-state index is 12.5. The van der Waals surface area contributed by atoms with E-state index in [1.54, 1.807) is 41.9 Å². The van der Waals surface area contributed by atoms with Crippen LogP contribution < -0.4 is 16.0 Å². The van der Waals surface area contributed by atoms with Gasteiger partial charge in [0.05, 0.1) is 27.7 Å². The zero-order valence-corrected chi connectivity index (χ0v) is 19.5. The number of hydrogen-bond acceptors (Lipinski definition) is 10. The molecule has 0 radical (unpaired) electrons. The largest absolute Gasteiger partial charge is 0.390 e. The molecule has 170 valence electrons. The minimum atomic E-state index is -0.581. The summed E-state index contributed by atoms with van der Waals surface area (Å²) in [5.74, 6) is 0.911. The Balaban J connectivity index is 1.31. The lowest BCUT2D eigenvalue weighted by molar-refractivity contribution is 0.0196. The van der Waals surface area contributed by atoms with Gasteiger partial charge >= 0.3 is 0 Å². The van der Waals surface area contributed by atoms with E-state index in [0.717, 1.165) is 41.7 Å². The highest BCUT2D eigenvalue weighted by Crippen LogP contribution is 2.33. The Kier molecular flexibility index (Phi) is 5.92. The number of hydrogen-bond donors (Lipinski definition) is 4. The van der Waals surface area contributed by atoms with Crippen LogP contribution in [0.4, 0.5) is 22.5 Å². The number of amides is 1. The Bertz CT molecular complexity index is 1260. The molecule has 1 fully saturated rings. The molecule has 4 aromatic rings. The van der Waals surface area contributed by atoms with Gasteiger partial charge in [-0.15, -0.1) is 11.3 Å². The van der Waals surface area contributed by atoms with Crippen LogP contribution in [0, 0.1) is 0 Å². The summed E-state index contributed by atoms with van der Waals surface area (Å²) in [5.41, 5.74) is 1.18. The second kappa shape index (κ2) is 9.00. The first kappa shape index (κ1) is 21.7. The number of nitrogens with zero attached hydrogens (tertiary/aromatic N) is 4. The predicted molar refractivity (Wildman–Crippen MR) is 132 cm³/mol. The fraction of sp³-hybridized carbons (Fsp3) is 0.318. The van der Waals surface area contributed by atoms with Gasteiger partial charge in [-0.2, -0.15) is 9.36 Å². The number of rotatable bonds is 6. The van der Waals surface area contributed by atoms with Gasteiger partial charge in [-0.1, -0.05) is 0 Å². The summed E-state index contributed by atoms with van der Waals surface area (Å²) in [4.78, 5) is 25.8. The number of anilines is 4. The number of carbonyl (C=O) groups is 1. The Labute approximate surface area is 198 Å². The fourth-order valence-corrected chi connectivity index (χ4v) is 5.20. The molecule has 0 bridgehead atoms. The number of pyridine rings is 1. The van der Waals surface area contributed by atoms with Crippen molar-refractivity contribution in [2.75, 3.05) is 16.0 Å². The van der Waals surface area contributed by atoms with Gasteiger partial charge in [-0.25, -0.2) is 4.98 Å². The summed E-state index contributed by atoms with van der Waals surface area (Å²) in [6.07, 6.45) is 6.52. The van der Waals surface area contributed by atoms with Crippen LogP contribution in [0.5, 0.6) is 0 Å². The molecule has 33 heavy (non-hydrogen) atoms. The van der Waals surface area contributed by atoms with E-state index in [2.05, 4.69) is 30.3 Å². The van der Waals surface area contributed by atoms with Crippen molar-refractivity contribution in [1.29, 1.82) is 0 Å². The Hall–Kier alpha value is -3.15. The van der Waals surface area contributed by atoms with Crippen LogP contribution in [0.3, 0.4) is 0 Å². The highest BCUT2D eigenvalue weighted by Gasteiger charge is 2.29. The maximum Gasteiger partial charge on any atom is 0.275 e. The summed E-state index contributed by atoms with van der Waals surface area (Å²) in [6, 6.07) is 7.41. The van der Waals surface area contributed by atoms with Gasteiger partial charge < -0.3 is 21.1 Å². The standard InChI is InChI=1S/C22H23N7O2S2/c1-22(31)7-4-13(5-8-22)24-19-18-15(6-10-32-18)26-21(28-19)27-17-11-16(29-33-17)20(30)25-14-3-2-9-23-12-14/h2-3,6,9-13,31H,4-5,7-8H2,1H3,(H,25,30)(H2,24,26,27,28). The normalized spacial score (nSPS) is 20.5. The van der Waals surface area contributed by atoms with Gasteiger partial charge in [-0.05, 0) is 67.7 Å². The third-order valence-electron chi connectivity index (χ3n) is 5.60. The summed E-state index contributed by atoms with van der Waals surface area (Å²) < 4.78 is 5.24. The molecule has 0 spiro atoms. The SMILES string of the molecule is CC1(O)CCC(Nc2nc(Nc3cc(C(=O)Nc4cccnc4)ns3)nc3ccsc23)CC1. The van der Waals surface area contributed by atoms with Crippen molar-refractivity contribution in [3.8, 4) is 0 Å². The van der Waals surface area contributed by atoms with Crippen molar-refractivity contribution in [1.82, 2.24) is 19.3 Å². The number of aromatic nitrogens is 4. The number of aliphatic hydroxyl groups is 1. The Morgan fingerprint density at radius 2 is 2.09 bits per heavy atom. The summed E-state index contributed by atoms with van der Waals surface area (Å²) in [5, 5.41) is 22.4. The van der Waals surface area contributed by atoms with Gasteiger partial charge in [-0.3, -0.25) is 9.78 Å². The van der Waals surface area contributed by atoms with Gasteiger partial charge in [0.15, 0.2) is 0 Å². The third-order valence-corrected chi connectivity index (χ3v) is 7.22. The quantitative estimate of drug-likeness (QED) is 0.314. The number of carbonyl (C=O) groups excluding carboxylic acids is 1. The Morgan fingerprint density at radius 1 is 1.24 bits per heavy atom. The molecule has 1 aliphatic rings. The van der Waals surface area contributed by atoms with E-state index in [9.17, 15) is 9.90 Å². The van der Waals surface area contributed by atoms with Gasteiger partial charge in [0.1, 0.15) is 16.5 Å². The first-order valence-corrected chi connectivity index (χ1v) is 12.3. The average Bonchev–Trinajstić information content (AvgIpc) is 3.46.